The first-order chi connectivity index (χ1) is 16.0. The first kappa shape index (κ1) is 21.7. The normalized spacial score (nSPS) is 16.0. The second-order valence-corrected chi connectivity index (χ2v) is 8.48. The molecule has 0 aliphatic carbocycles. The van der Waals surface area contributed by atoms with E-state index in [0.717, 1.165) is 59.9 Å². The highest BCUT2D eigenvalue weighted by atomic mass is 19.3. The number of nitrogens with one attached hydrogen (secondary N) is 2. The molecule has 2 N–H and O–H groups in total. The SMILES string of the molecule is CC(c1ccnc(Cc2nc3ccc(-c4cnn(CC(F)F)c4)cc3[nH]2)c1)N1CCNCC1. The zero-order valence-corrected chi connectivity index (χ0v) is 18.5. The molecule has 0 spiro atoms. The molecule has 172 valence electrons. The Kier molecular flexibility index (Phi) is 6.15. The summed E-state index contributed by atoms with van der Waals surface area (Å²) in [5.74, 6) is 0.843. The van der Waals surface area contributed by atoms with Gasteiger partial charge in [0.15, 0.2) is 0 Å². The number of halogens is 2. The van der Waals surface area contributed by atoms with Crippen molar-refractivity contribution in [3.63, 3.8) is 0 Å². The number of alkyl halides is 2. The number of pyridine rings is 1. The fraction of sp³-hybridized carbons (Fsp3) is 0.375. The van der Waals surface area contributed by atoms with Crippen LogP contribution in [0.5, 0.6) is 0 Å². The van der Waals surface area contributed by atoms with E-state index in [1.807, 2.05) is 24.4 Å². The Labute approximate surface area is 190 Å². The number of rotatable bonds is 7. The lowest BCUT2D eigenvalue weighted by Crippen LogP contribution is -2.44. The molecule has 0 radical (unpaired) electrons. The summed E-state index contributed by atoms with van der Waals surface area (Å²) < 4.78 is 26.5. The van der Waals surface area contributed by atoms with Crippen molar-refractivity contribution in [2.45, 2.75) is 32.4 Å². The maximum atomic E-state index is 12.6. The van der Waals surface area contributed by atoms with Gasteiger partial charge in [0.1, 0.15) is 12.4 Å². The number of piperazine rings is 1. The van der Waals surface area contributed by atoms with Gasteiger partial charge in [0.2, 0.25) is 0 Å². The van der Waals surface area contributed by atoms with Gasteiger partial charge in [-0.3, -0.25) is 14.6 Å². The second-order valence-electron chi connectivity index (χ2n) is 8.48. The van der Waals surface area contributed by atoms with Crippen molar-refractivity contribution in [2.24, 2.45) is 0 Å². The highest BCUT2D eigenvalue weighted by Crippen LogP contribution is 2.25. The van der Waals surface area contributed by atoms with Crippen molar-refractivity contribution in [1.82, 2.24) is 34.9 Å². The van der Waals surface area contributed by atoms with Gasteiger partial charge in [0.05, 0.1) is 17.2 Å². The van der Waals surface area contributed by atoms with Crippen LogP contribution in [0.1, 0.15) is 30.0 Å². The first-order valence-electron chi connectivity index (χ1n) is 11.2. The fourth-order valence-electron chi connectivity index (χ4n) is 4.38. The summed E-state index contributed by atoms with van der Waals surface area (Å²) in [6.45, 7) is 5.98. The van der Waals surface area contributed by atoms with Crippen LogP contribution in [0.25, 0.3) is 22.2 Å². The van der Waals surface area contributed by atoms with E-state index in [0.29, 0.717) is 12.5 Å². The molecular weight excluding hydrogens is 424 g/mol. The number of benzene rings is 1. The van der Waals surface area contributed by atoms with Gasteiger partial charge in [-0.1, -0.05) is 6.07 Å². The Morgan fingerprint density at radius 2 is 1.94 bits per heavy atom. The van der Waals surface area contributed by atoms with Crippen molar-refractivity contribution in [2.75, 3.05) is 26.2 Å². The van der Waals surface area contributed by atoms with Crippen LogP contribution in [0.15, 0.2) is 48.9 Å². The molecule has 1 saturated heterocycles. The topological polar surface area (TPSA) is 74.7 Å². The minimum Gasteiger partial charge on any atom is -0.342 e. The molecule has 1 unspecified atom stereocenters. The van der Waals surface area contributed by atoms with Crippen molar-refractivity contribution >= 4 is 11.0 Å². The van der Waals surface area contributed by atoms with E-state index in [1.54, 1.807) is 12.4 Å². The van der Waals surface area contributed by atoms with Gasteiger partial charge in [-0.05, 0) is 42.3 Å². The van der Waals surface area contributed by atoms with Gasteiger partial charge in [-0.25, -0.2) is 13.8 Å². The first-order valence-corrected chi connectivity index (χ1v) is 11.2. The number of H-pyrrole nitrogens is 1. The fourth-order valence-corrected chi connectivity index (χ4v) is 4.38. The maximum absolute atomic E-state index is 12.6. The molecule has 0 bridgehead atoms. The standard InChI is InChI=1S/C24H27F2N7/c1-16(32-8-6-27-7-9-32)17-4-5-28-20(10-17)12-24-30-21-3-2-18(11-22(21)31-24)19-13-29-33(14-19)15-23(25)26/h2-5,10-11,13-14,16,23,27H,6-9,12,15H2,1H3,(H,30,31). The predicted octanol–water partition coefficient (Wildman–Crippen LogP) is 3.64. The van der Waals surface area contributed by atoms with Gasteiger partial charge in [-0.2, -0.15) is 5.10 Å². The molecule has 0 saturated carbocycles. The highest BCUT2D eigenvalue weighted by molar-refractivity contribution is 5.81. The van der Waals surface area contributed by atoms with Crippen LogP contribution in [-0.2, 0) is 13.0 Å². The van der Waals surface area contributed by atoms with Gasteiger partial charge in [0.25, 0.3) is 6.43 Å². The lowest BCUT2D eigenvalue weighted by Gasteiger charge is -2.33. The monoisotopic (exact) mass is 451 g/mol. The van der Waals surface area contributed by atoms with Crippen LogP contribution in [0.4, 0.5) is 8.78 Å². The molecule has 1 aliphatic heterocycles. The number of imidazole rings is 1. The average Bonchev–Trinajstić information content (AvgIpc) is 3.44. The Morgan fingerprint density at radius 3 is 2.76 bits per heavy atom. The quantitative estimate of drug-likeness (QED) is 0.449. The molecular formula is C24H27F2N7. The van der Waals surface area contributed by atoms with Gasteiger partial charge < -0.3 is 10.3 Å². The summed E-state index contributed by atoms with van der Waals surface area (Å²) >= 11 is 0. The molecule has 33 heavy (non-hydrogen) atoms. The third-order valence-electron chi connectivity index (χ3n) is 6.19. The lowest BCUT2D eigenvalue weighted by atomic mass is 10.1. The van der Waals surface area contributed by atoms with Crippen molar-refractivity contribution in [1.29, 1.82) is 0 Å². The third-order valence-corrected chi connectivity index (χ3v) is 6.19. The molecule has 9 heteroatoms. The van der Waals surface area contributed by atoms with Gasteiger partial charge >= 0.3 is 0 Å². The third kappa shape index (κ3) is 4.94. The molecule has 4 aromatic rings. The summed E-state index contributed by atoms with van der Waals surface area (Å²) in [4.78, 5) is 15.2. The summed E-state index contributed by atoms with van der Waals surface area (Å²) in [6, 6.07) is 10.5. The molecule has 4 heterocycles. The molecule has 1 atom stereocenters. The molecule has 3 aromatic heterocycles. The van der Waals surface area contributed by atoms with E-state index in [1.165, 1.54) is 10.2 Å². The van der Waals surface area contributed by atoms with E-state index in [2.05, 4.69) is 44.3 Å². The molecule has 5 rings (SSSR count). The van der Waals surface area contributed by atoms with Crippen LogP contribution in [-0.4, -0.2) is 62.2 Å². The summed E-state index contributed by atoms with van der Waals surface area (Å²) in [6.07, 6.45) is 3.30. The van der Waals surface area contributed by atoms with E-state index in [-0.39, 0.29) is 0 Å². The zero-order chi connectivity index (χ0) is 22.8. The van der Waals surface area contributed by atoms with Crippen LogP contribution < -0.4 is 5.32 Å². The number of nitrogens with zero attached hydrogens (tertiary/aromatic N) is 5. The molecule has 1 aromatic carbocycles. The van der Waals surface area contributed by atoms with E-state index < -0.39 is 13.0 Å². The minimum atomic E-state index is -2.43. The number of hydrogen-bond donors (Lipinski definition) is 2. The second kappa shape index (κ2) is 9.36. The van der Waals surface area contributed by atoms with Crippen LogP contribution in [0.3, 0.4) is 0 Å². The lowest BCUT2D eigenvalue weighted by molar-refractivity contribution is 0.122. The average molecular weight is 452 g/mol. The predicted molar refractivity (Wildman–Crippen MR) is 123 cm³/mol. The number of aromatic nitrogens is 5. The molecule has 0 amide bonds. The number of aromatic amines is 1. The zero-order valence-electron chi connectivity index (χ0n) is 18.5. The van der Waals surface area contributed by atoms with Crippen molar-refractivity contribution in [3.8, 4) is 11.1 Å². The summed E-state index contributed by atoms with van der Waals surface area (Å²) in [5, 5.41) is 7.43. The minimum absolute atomic E-state index is 0.345. The highest BCUT2D eigenvalue weighted by Gasteiger charge is 2.18. The molecule has 1 aliphatic rings. The Hall–Kier alpha value is -3.17. The van der Waals surface area contributed by atoms with E-state index >= 15 is 0 Å². The van der Waals surface area contributed by atoms with Gasteiger partial charge in [-0.15, -0.1) is 0 Å². The number of hydrogen-bond acceptors (Lipinski definition) is 5. The van der Waals surface area contributed by atoms with Crippen LogP contribution in [0.2, 0.25) is 0 Å². The van der Waals surface area contributed by atoms with Crippen LogP contribution in [0, 0.1) is 0 Å². The maximum Gasteiger partial charge on any atom is 0.257 e. The summed E-state index contributed by atoms with van der Waals surface area (Å²) in [5.41, 5.74) is 5.70. The summed E-state index contributed by atoms with van der Waals surface area (Å²) in [7, 11) is 0. The van der Waals surface area contributed by atoms with E-state index in [9.17, 15) is 8.78 Å². The largest absolute Gasteiger partial charge is 0.342 e. The van der Waals surface area contributed by atoms with Crippen molar-refractivity contribution in [3.05, 3.63) is 66.0 Å². The van der Waals surface area contributed by atoms with Gasteiger partial charge in [0, 0.05) is 62.3 Å². The Balaban J connectivity index is 1.33. The smallest absolute Gasteiger partial charge is 0.257 e. The number of fused-ring (bicyclic) bond motifs is 1. The van der Waals surface area contributed by atoms with Crippen LogP contribution >= 0.6 is 0 Å². The van der Waals surface area contributed by atoms with Crippen molar-refractivity contribution < 1.29 is 8.78 Å². The Bertz CT molecular complexity index is 1230. The molecule has 7 nitrogen and oxygen atoms in total. The molecule has 1 fully saturated rings. The van der Waals surface area contributed by atoms with E-state index in [4.69, 9.17) is 4.98 Å². The Morgan fingerprint density at radius 1 is 1.09 bits per heavy atom.